The maximum Gasteiger partial charge on any atom is 0.341 e. The number of H-pyrrole nitrogens is 1. The van der Waals surface area contributed by atoms with E-state index in [9.17, 15) is 14.4 Å². The third-order valence-electron chi connectivity index (χ3n) is 5.96. The summed E-state index contributed by atoms with van der Waals surface area (Å²) in [7, 11) is 0. The van der Waals surface area contributed by atoms with Crippen molar-refractivity contribution in [3.63, 3.8) is 0 Å². The number of alkyl halides is 1. The van der Waals surface area contributed by atoms with Crippen LogP contribution in [0.4, 0.5) is 10.1 Å². The summed E-state index contributed by atoms with van der Waals surface area (Å²) < 4.78 is 20.8. The first kappa shape index (κ1) is 23.8. The predicted octanol–water partition coefficient (Wildman–Crippen LogP) is 5.02. The molecule has 0 bridgehead atoms. The zero-order chi connectivity index (χ0) is 24.4. The molecular weight excluding hydrogens is 463 g/mol. The first-order valence-electron chi connectivity index (χ1n) is 11.1. The molecule has 178 valence electrons. The van der Waals surface area contributed by atoms with Gasteiger partial charge < -0.3 is 14.8 Å². The summed E-state index contributed by atoms with van der Waals surface area (Å²) in [5, 5.41) is 8.13. The Kier molecular flexibility index (Phi) is 6.88. The minimum Gasteiger partial charge on any atom is -0.494 e. The van der Waals surface area contributed by atoms with Crippen molar-refractivity contribution in [3.05, 3.63) is 69.8 Å². The number of ether oxygens (including phenoxy) is 1. The van der Waals surface area contributed by atoms with E-state index in [0.29, 0.717) is 17.9 Å². The SMILES string of the molecule is CCCCCCOc1ccc(C2C(Cl)C(=O)N2c2cc3[nH]cc(C(=O)O)c(=O)c3cc2F)cc1. The van der Waals surface area contributed by atoms with E-state index < -0.39 is 40.1 Å². The van der Waals surface area contributed by atoms with Gasteiger partial charge in [0.1, 0.15) is 22.5 Å². The number of anilines is 1. The summed E-state index contributed by atoms with van der Waals surface area (Å²) in [4.78, 5) is 40.1. The third-order valence-corrected chi connectivity index (χ3v) is 6.38. The lowest BCUT2D eigenvalue weighted by atomic mass is 9.92. The Labute approximate surface area is 200 Å². The highest BCUT2D eigenvalue weighted by Gasteiger charge is 2.48. The lowest BCUT2D eigenvalue weighted by Crippen LogP contribution is -2.56. The topological polar surface area (TPSA) is 99.7 Å². The van der Waals surface area contributed by atoms with Gasteiger partial charge in [0.15, 0.2) is 0 Å². The van der Waals surface area contributed by atoms with E-state index >= 15 is 4.39 Å². The number of carbonyl (C=O) groups excluding carboxylic acids is 1. The number of carbonyl (C=O) groups is 2. The van der Waals surface area contributed by atoms with Gasteiger partial charge in [0.2, 0.25) is 11.3 Å². The highest BCUT2D eigenvalue weighted by atomic mass is 35.5. The van der Waals surface area contributed by atoms with Crippen LogP contribution in [0.25, 0.3) is 10.9 Å². The van der Waals surface area contributed by atoms with Crippen LogP contribution in [0.5, 0.6) is 5.75 Å². The molecule has 1 aliphatic rings. The first-order chi connectivity index (χ1) is 16.3. The summed E-state index contributed by atoms with van der Waals surface area (Å²) in [5.41, 5.74) is -0.422. The standard InChI is InChI=1S/C25H24ClFN2O5/c1-2-3-4-5-10-34-15-8-6-14(7-9-15)22-21(26)24(31)29(22)20-12-19-16(11-18(20)27)23(30)17(13-28-19)25(32)33/h6-9,11-13,21-22H,2-5,10H2,1H3,(H,28,30)(H,32,33). The van der Waals surface area contributed by atoms with Crippen molar-refractivity contribution in [2.24, 2.45) is 0 Å². The zero-order valence-electron chi connectivity index (χ0n) is 18.5. The van der Waals surface area contributed by atoms with E-state index in [4.69, 9.17) is 21.4 Å². The molecule has 7 nitrogen and oxygen atoms in total. The second-order valence-corrected chi connectivity index (χ2v) is 8.69. The Bertz CT molecular complexity index is 1290. The minimum absolute atomic E-state index is 0.0469. The zero-order valence-corrected chi connectivity index (χ0v) is 19.3. The normalized spacial score (nSPS) is 17.6. The van der Waals surface area contributed by atoms with Crippen LogP contribution in [0, 0.1) is 5.82 Å². The number of aromatic nitrogens is 1. The monoisotopic (exact) mass is 486 g/mol. The van der Waals surface area contributed by atoms with E-state index in [1.54, 1.807) is 24.3 Å². The Hall–Kier alpha value is -3.39. The number of hydrogen-bond acceptors (Lipinski definition) is 4. The minimum atomic E-state index is -1.41. The van der Waals surface area contributed by atoms with Gasteiger partial charge in [-0.05, 0) is 36.2 Å². The fourth-order valence-corrected chi connectivity index (χ4v) is 4.46. The molecule has 2 unspecified atom stereocenters. The smallest absolute Gasteiger partial charge is 0.341 e. The van der Waals surface area contributed by atoms with Gasteiger partial charge in [-0.15, -0.1) is 11.6 Å². The number of amides is 1. The van der Waals surface area contributed by atoms with E-state index in [1.165, 1.54) is 17.4 Å². The molecule has 0 saturated carbocycles. The van der Waals surface area contributed by atoms with Crippen molar-refractivity contribution in [1.82, 2.24) is 4.98 Å². The average Bonchev–Trinajstić information content (AvgIpc) is 2.82. The number of pyridine rings is 1. The molecular formula is C25H24ClFN2O5. The second-order valence-electron chi connectivity index (χ2n) is 8.22. The summed E-state index contributed by atoms with van der Waals surface area (Å²) in [6.45, 7) is 2.77. The highest BCUT2D eigenvalue weighted by molar-refractivity contribution is 6.37. The molecule has 0 spiro atoms. The van der Waals surface area contributed by atoms with E-state index in [-0.39, 0.29) is 16.6 Å². The molecule has 1 fully saturated rings. The van der Waals surface area contributed by atoms with Crippen molar-refractivity contribution in [3.8, 4) is 5.75 Å². The van der Waals surface area contributed by atoms with Crippen LogP contribution in [-0.4, -0.2) is 34.0 Å². The number of carboxylic acid groups (broad SMARTS) is 1. The number of hydrogen-bond donors (Lipinski definition) is 2. The van der Waals surface area contributed by atoms with Gasteiger partial charge in [-0.2, -0.15) is 0 Å². The summed E-state index contributed by atoms with van der Waals surface area (Å²) in [6.07, 6.45) is 5.46. The lowest BCUT2D eigenvalue weighted by Gasteiger charge is -2.44. The molecule has 2 atom stereocenters. The molecule has 2 heterocycles. The van der Waals surface area contributed by atoms with Crippen LogP contribution in [0.15, 0.2) is 47.4 Å². The number of rotatable bonds is 9. The van der Waals surface area contributed by atoms with Gasteiger partial charge in [-0.1, -0.05) is 38.3 Å². The van der Waals surface area contributed by atoms with Gasteiger partial charge in [-0.3, -0.25) is 14.5 Å². The van der Waals surface area contributed by atoms with Crippen molar-refractivity contribution >= 4 is 40.1 Å². The number of aromatic carboxylic acids is 1. The Balaban J connectivity index is 1.59. The molecule has 4 rings (SSSR count). The molecule has 9 heteroatoms. The van der Waals surface area contributed by atoms with Crippen molar-refractivity contribution in [2.75, 3.05) is 11.5 Å². The average molecular weight is 487 g/mol. The van der Waals surface area contributed by atoms with Crippen LogP contribution in [0.2, 0.25) is 0 Å². The van der Waals surface area contributed by atoms with E-state index in [2.05, 4.69) is 11.9 Å². The van der Waals surface area contributed by atoms with Gasteiger partial charge in [0.25, 0.3) is 0 Å². The molecule has 1 amide bonds. The Morgan fingerprint density at radius 1 is 1.18 bits per heavy atom. The number of nitrogens with zero attached hydrogens (tertiary/aromatic N) is 1. The molecule has 1 aliphatic heterocycles. The lowest BCUT2D eigenvalue weighted by molar-refractivity contribution is -0.123. The molecule has 0 aliphatic carbocycles. The summed E-state index contributed by atoms with van der Waals surface area (Å²) >= 11 is 6.30. The number of unbranched alkanes of at least 4 members (excludes halogenated alkanes) is 3. The van der Waals surface area contributed by atoms with Crippen LogP contribution in [0.3, 0.4) is 0 Å². The number of aromatic amines is 1. The number of benzene rings is 2. The molecule has 3 aromatic rings. The van der Waals surface area contributed by atoms with E-state index in [1.807, 2.05) is 0 Å². The molecule has 0 radical (unpaired) electrons. The maximum atomic E-state index is 15.0. The van der Waals surface area contributed by atoms with Crippen LogP contribution in [0.1, 0.15) is 54.6 Å². The fourth-order valence-electron chi connectivity index (χ4n) is 4.09. The summed E-state index contributed by atoms with van der Waals surface area (Å²) in [5.74, 6) is -2.00. The number of fused-ring (bicyclic) bond motifs is 1. The van der Waals surface area contributed by atoms with Crippen molar-refractivity contribution < 1.29 is 23.8 Å². The molecule has 2 N–H and O–H groups in total. The van der Waals surface area contributed by atoms with Crippen molar-refractivity contribution in [1.29, 1.82) is 0 Å². The van der Waals surface area contributed by atoms with Gasteiger partial charge >= 0.3 is 5.97 Å². The number of β-lactam (4-membered cyclic amide) rings is 1. The largest absolute Gasteiger partial charge is 0.494 e. The summed E-state index contributed by atoms with van der Waals surface area (Å²) in [6, 6.07) is 8.82. The second kappa shape index (κ2) is 9.85. The number of halogens is 2. The number of carboxylic acids is 1. The first-order valence-corrected chi connectivity index (χ1v) is 11.5. The van der Waals surface area contributed by atoms with Gasteiger partial charge in [-0.25, -0.2) is 9.18 Å². The van der Waals surface area contributed by atoms with Crippen LogP contribution in [-0.2, 0) is 4.79 Å². The molecule has 34 heavy (non-hydrogen) atoms. The van der Waals surface area contributed by atoms with Gasteiger partial charge in [0, 0.05) is 11.6 Å². The van der Waals surface area contributed by atoms with E-state index in [0.717, 1.165) is 31.5 Å². The van der Waals surface area contributed by atoms with Crippen LogP contribution >= 0.6 is 11.6 Å². The fraction of sp³-hybridized carbons (Fsp3) is 0.320. The van der Waals surface area contributed by atoms with Crippen molar-refractivity contribution in [2.45, 2.75) is 44.0 Å². The van der Waals surface area contributed by atoms with Crippen LogP contribution < -0.4 is 15.1 Å². The Morgan fingerprint density at radius 3 is 2.59 bits per heavy atom. The number of nitrogens with one attached hydrogen (secondary N) is 1. The van der Waals surface area contributed by atoms with Gasteiger partial charge in [0.05, 0.1) is 23.9 Å². The quantitative estimate of drug-likeness (QED) is 0.251. The predicted molar refractivity (Wildman–Crippen MR) is 127 cm³/mol. The molecule has 1 aromatic heterocycles. The highest BCUT2D eigenvalue weighted by Crippen LogP contribution is 2.44. The maximum absolute atomic E-state index is 15.0. The third kappa shape index (κ3) is 4.37. The molecule has 2 aromatic carbocycles. The molecule has 1 saturated heterocycles. The Morgan fingerprint density at radius 2 is 1.91 bits per heavy atom.